The normalized spacial score (nSPS) is 13.0. The van der Waals surface area contributed by atoms with Gasteiger partial charge in [-0.05, 0) is 42.8 Å². The van der Waals surface area contributed by atoms with Crippen LogP contribution in [0.1, 0.15) is 26.3 Å². The number of H-pyrrole nitrogens is 1. The van der Waals surface area contributed by atoms with E-state index in [1.165, 1.54) is 0 Å². The summed E-state index contributed by atoms with van der Waals surface area (Å²) in [6.07, 6.45) is 1.84. The maximum Gasteiger partial charge on any atom is 0.250 e. The molecule has 1 aromatic heterocycles. The van der Waals surface area contributed by atoms with Gasteiger partial charge in [0.2, 0.25) is 8.32 Å². The molecule has 0 aliphatic heterocycles. The molecule has 0 aliphatic rings. The fraction of sp³-hybridized carbons (Fsp3) is 0.500. The Kier molecular flexibility index (Phi) is 3.01. The molecule has 0 amide bonds. The molecular formula is C14H22N2OSi. The molecule has 0 aliphatic carbocycles. The first kappa shape index (κ1) is 13.1. The molecule has 0 bridgehead atoms. The summed E-state index contributed by atoms with van der Waals surface area (Å²) in [6, 6.07) is 4.19. The van der Waals surface area contributed by atoms with Crippen molar-refractivity contribution in [2.24, 2.45) is 0 Å². The van der Waals surface area contributed by atoms with Crippen LogP contribution < -0.4 is 4.43 Å². The molecule has 0 radical (unpaired) electrons. The van der Waals surface area contributed by atoms with E-state index >= 15 is 0 Å². The number of aromatic nitrogens is 2. The molecule has 0 atom stereocenters. The van der Waals surface area contributed by atoms with Gasteiger partial charge in [0.15, 0.2) is 0 Å². The van der Waals surface area contributed by atoms with E-state index in [1.807, 2.05) is 6.20 Å². The minimum absolute atomic E-state index is 0.213. The number of hydrogen-bond donors (Lipinski definition) is 1. The molecule has 1 heterocycles. The number of rotatable bonds is 2. The molecule has 1 aromatic carbocycles. The van der Waals surface area contributed by atoms with Gasteiger partial charge >= 0.3 is 0 Å². The molecule has 3 nitrogen and oxygen atoms in total. The van der Waals surface area contributed by atoms with E-state index in [2.05, 4.69) is 63.1 Å². The number of nitrogens with one attached hydrogen (secondary N) is 1. The maximum absolute atomic E-state index is 6.37. The number of nitrogens with zero attached hydrogens (tertiary/aromatic N) is 1. The molecule has 0 saturated heterocycles. The van der Waals surface area contributed by atoms with Crippen LogP contribution in [0, 0.1) is 6.92 Å². The molecule has 2 rings (SSSR count). The second kappa shape index (κ2) is 4.12. The van der Waals surface area contributed by atoms with Crippen LogP contribution in [0.2, 0.25) is 18.1 Å². The molecule has 1 N–H and O–H groups in total. The van der Waals surface area contributed by atoms with Gasteiger partial charge in [-0.15, -0.1) is 0 Å². The number of aryl methyl sites for hydroxylation is 1. The second-order valence-corrected chi connectivity index (χ2v) is 11.2. The standard InChI is InChI=1S/C14H22N2OSi/c1-10-7-12-11(9-15-16-12)8-13(10)17-18(5,6)14(2,3)4/h7-9H,1-6H3,(H,15,16). The first-order valence-corrected chi connectivity index (χ1v) is 9.24. The van der Waals surface area contributed by atoms with Gasteiger partial charge in [-0.1, -0.05) is 20.8 Å². The van der Waals surface area contributed by atoms with Gasteiger partial charge in [-0.25, -0.2) is 0 Å². The third-order valence-corrected chi connectivity index (χ3v) is 8.25. The van der Waals surface area contributed by atoms with E-state index in [0.29, 0.717) is 0 Å². The third kappa shape index (κ3) is 2.29. The number of aromatic amines is 1. The zero-order valence-corrected chi connectivity index (χ0v) is 13.1. The highest BCUT2D eigenvalue weighted by atomic mass is 28.4. The van der Waals surface area contributed by atoms with Gasteiger partial charge in [0.05, 0.1) is 11.7 Å². The van der Waals surface area contributed by atoms with Crippen molar-refractivity contribution in [2.75, 3.05) is 0 Å². The summed E-state index contributed by atoms with van der Waals surface area (Å²) in [5, 5.41) is 8.36. The number of benzene rings is 1. The lowest BCUT2D eigenvalue weighted by molar-refractivity contribution is 0.490. The Hall–Kier alpha value is -1.29. The zero-order valence-electron chi connectivity index (χ0n) is 12.1. The first-order valence-electron chi connectivity index (χ1n) is 6.33. The van der Waals surface area contributed by atoms with E-state index in [9.17, 15) is 0 Å². The predicted molar refractivity (Wildman–Crippen MR) is 78.7 cm³/mol. The van der Waals surface area contributed by atoms with Crippen molar-refractivity contribution in [3.8, 4) is 5.75 Å². The maximum atomic E-state index is 6.37. The fourth-order valence-electron chi connectivity index (χ4n) is 1.62. The van der Waals surface area contributed by atoms with Crippen LogP contribution in [0.4, 0.5) is 0 Å². The summed E-state index contributed by atoms with van der Waals surface area (Å²) in [6.45, 7) is 13.4. The van der Waals surface area contributed by atoms with Crippen molar-refractivity contribution in [3.05, 3.63) is 23.9 Å². The molecule has 2 aromatic rings. The van der Waals surface area contributed by atoms with Crippen LogP contribution in [0.15, 0.2) is 18.3 Å². The van der Waals surface area contributed by atoms with Crippen LogP contribution in [0.3, 0.4) is 0 Å². The summed E-state index contributed by atoms with van der Waals surface area (Å²) >= 11 is 0. The van der Waals surface area contributed by atoms with Crippen LogP contribution in [0.5, 0.6) is 5.75 Å². The van der Waals surface area contributed by atoms with Crippen molar-refractivity contribution >= 4 is 19.2 Å². The molecule has 98 valence electrons. The van der Waals surface area contributed by atoms with Gasteiger partial charge in [0.1, 0.15) is 5.75 Å². The Bertz CT molecular complexity index is 567. The summed E-state index contributed by atoms with van der Waals surface area (Å²) in [5.41, 5.74) is 2.23. The van der Waals surface area contributed by atoms with Gasteiger partial charge in [0.25, 0.3) is 0 Å². The smallest absolute Gasteiger partial charge is 0.250 e. The van der Waals surface area contributed by atoms with Crippen LogP contribution in [0.25, 0.3) is 10.9 Å². The van der Waals surface area contributed by atoms with E-state index in [1.54, 1.807) is 0 Å². The molecule has 0 spiro atoms. The molecule has 0 fully saturated rings. The Labute approximate surface area is 110 Å². The van der Waals surface area contributed by atoms with Gasteiger partial charge in [0, 0.05) is 5.39 Å². The van der Waals surface area contributed by atoms with Crippen molar-refractivity contribution in [1.82, 2.24) is 10.2 Å². The Morgan fingerprint density at radius 3 is 2.50 bits per heavy atom. The molecule has 18 heavy (non-hydrogen) atoms. The van der Waals surface area contributed by atoms with E-state index in [-0.39, 0.29) is 5.04 Å². The molecule has 0 saturated carbocycles. The van der Waals surface area contributed by atoms with Gasteiger partial charge < -0.3 is 4.43 Å². The summed E-state index contributed by atoms with van der Waals surface area (Å²) in [7, 11) is -1.77. The van der Waals surface area contributed by atoms with Crippen molar-refractivity contribution in [3.63, 3.8) is 0 Å². The Morgan fingerprint density at radius 2 is 1.89 bits per heavy atom. The lowest BCUT2D eigenvalue weighted by Crippen LogP contribution is -2.44. The third-order valence-electron chi connectivity index (χ3n) is 3.91. The van der Waals surface area contributed by atoms with Crippen LogP contribution >= 0.6 is 0 Å². The fourth-order valence-corrected chi connectivity index (χ4v) is 2.69. The average Bonchev–Trinajstić information content (AvgIpc) is 2.63. The molecule has 4 heteroatoms. The topological polar surface area (TPSA) is 37.9 Å². The van der Waals surface area contributed by atoms with E-state index in [0.717, 1.165) is 22.2 Å². The largest absolute Gasteiger partial charge is 0.543 e. The van der Waals surface area contributed by atoms with Gasteiger partial charge in [-0.2, -0.15) is 5.10 Å². The predicted octanol–water partition coefficient (Wildman–Crippen LogP) is 4.26. The highest BCUT2D eigenvalue weighted by molar-refractivity contribution is 6.74. The van der Waals surface area contributed by atoms with E-state index in [4.69, 9.17) is 4.43 Å². The summed E-state index contributed by atoms with van der Waals surface area (Å²) in [5.74, 6) is 0.996. The lowest BCUT2D eigenvalue weighted by Gasteiger charge is -2.36. The van der Waals surface area contributed by atoms with Crippen LogP contribution in [-0.4, -0.2) is 18.5 Å². The monoisotopic (exact) mass is 262 g/mol. The minimum atomic E-state index is -1.77. The van der Waals surface area contributed by atoms with Crippen molar-refractivity contribution in [1.29, 1.82) is 0 Å². The first-order chi connectivity index (χ1) is 8.21. The Balaban J connectivity index is 2.40. The average molecular weight is 262 g/mol. The summed E-state index contributed by atoms with van der Waals surface area (Å²) < 4.78 is 6.37. The molecule has 0 unspecified atom stereocenters. The SMILES string of the molecule is Cc1cc2[nH]ncc2cc1O[Si](C)(C)C(C)(C)C. The quantitative estimate of drug-likeness (QED) is 0.821. The summed E-state index contributed by atoms with van der Waals surface area (Å²) in [4.78, 5) is 0. The number of hydrogen-bond acceptors (Lipinski definition) is 2. The highest BCUT2D eigenvalue weighted by Crippen LogP contribution is 2.38. The van der Waals surface area contributed by atoms with Crippen molar-refractivity contribution < 1.29 is 4.43 Å². The zero-order chi connectivity index (χ0) is 13.6. The highest BCUT2D eigenvalue weighted by Gasteiger charge is 2.39. The van der Waals surface area contributed by atoms with Crippen molar-refractivity contribution in [2.45, 2.75) is 45.8 Å². The van der Waals surface area contributed by atoms with E-state index < -0.39 is 8.32 Å². The molecular weight excluding hydrogens is 240 g/mol. The number of fused-ring (bicyclic) bond motifs is 1. The van der Waals surface area contributed by atoms with Gasteiger partial charge in [-0.3, -0.25) is 5.10 Å². The lowest BCUT2D eigenvalue weighted by atomic mass is 10.2. The second-order valence-electron chi connectivity index (χ2n) is 6.44. The van der Waals surface area contributed by atoms with Crippen LogP contribution in [-0.2, 0) is 0 Å². The Morgan fingerprint density at radius 1 is 1.22 bits per heavy atom. The minimum Gasteiger partial charge on any atom is -0.543 e.